The quantitative estimate of drug-likeness (QED) is 0.667. The number of para-hydroxylation sites is 1. The van der Waals surface area contributed by atoms with Crippen molar-refractivity contribution in [3.63, 3.8) is 0 Å². The van der Waals surface area contributed by atoms with Gasteiger partial charge in [0.15, 0.2) is 4.77 Å². The zero-order valence-corrected chi connectivity index (χ0v) is 12.6. The number of H-pyrrole nitrogens is 1. The molecule has 0 aliphatic rings. The standard InChI is InChI=1S/C15H16N2S2/c1-3-11(13-8-5-9-19-13)17-12-7-4-6-10(2)14(12)16-15(17)18/h4-9,11H,3H2,1-2H3,(H,16,18). The van der Waals surface area contributed by atoms with Crippen LogP contribution in [0, 0.1) is 11.7 Å². The molecule has 1 aromatic carbocycles. The van der Waals surface area contributed by atoms with E-state index in [9.17, 15) is 0 Å². The molecule has 1 unspecified atom stereocenters. The van der Waals surface area contributed by atoms with Crippen LogP contribution in [0.4, 0.5) is 0 Å². The maximum Gasteiger partial charge on any atom is 0.178 e. The van der Waals surface area contributed by atoms with Gasteiger partial charge in [-0.25, -0.2) is 0 Å². The molecule has 98 valence electrons. The lowest BCUT2D eigenvalue weighted by Gasteiger charge is -2.16. The Bertz CT molecular complexity index is 750. The number of nitrogens with zero attached hydrogens (tertiary/aromatic N) is 1. The number of aromatic amines is 1. The minimum absolute atomic E-state index is 0.322. The van der Waals surface area contributed by atoms with Gasteiger partial charge in [-0.15, -0.1) is 11.3 Å². The van der Waals surface area contributed by atoms with Gasteiger partial charge in [-0.2, -0.15) is 0 Å². The Balaban J connectivity index is 2.27. The van der Waals surface area contributed by atoms with Gasteiger partial charge in [-0.3, -0.25) is 0 Å². The number of imidazole rings is 1. The van der Waals surface area contributed by atoms with Crippen molar-refractivity contribution in [3.8, 4) is 0 Å². The molecule has 1 N–H and O–H groups in total. The van der Waals surface area contributed by atoms with Crippen molar-refractivity contribution in [2.45, 2.75) is 26.3 Å². The number of aryl methyl sites for hydroxylation is 1. The third-order valence-corrected chi connectivity index (χ3v) is 4.80. The number of rotatable bonds is 3. The van der Waals surface area contributed by atoms with Crippen LogP contribution in [0.3, 0.4) is 0 Å². The lowest BCUT2D eigenvalue weighted by molar-refractivity contribution is 0.584. The van der Waals surface area contributed by atoms with Crippen LogP contribution >= 0.6 is 23.6 Å². The lowest BCUT2D eigenvalue weighted by Crippen LogP contribution is -2.08. The highest BCUT2D eigenvalue weighted by molar-refractivity contribution is 7.71. The van der Waals surface area contributed by atoms with Gasteiger partial charge < -0.3 is 9.55 Å². The summed E-state index contributed by atoms with van der Waals surface area (Å²) in [5.41, 5.74) is 3.59. The molecule has 0 fully saturated rings. The minimum Gasteiger partial charge on any atom is -0.330 e. The van der Waals surface area contributed by atoms with Gasteiger partial charge in [0.25, 0.3) is 0 Å². The number of benzene rings is 1. The van der Waals surface area contributed by atoms with Crippen molar-refractivity contribution >= 4 is 34.6 Å². The summed E-state index contributed by atoms with van der Waals surface area (Å²) in [5, 5.41) is 2.13. The van der Waals surface area contributed by atoms with Gasteiger partial charge in [-0.05, 0) is 48.6 Å². The van der Waals surface area contributed by atoms with E-state index in [1.807, 2.05) is 0 Å². The van der Waals surface area contributed by atoms with E-state index in [-0.39, 0.29) is 0 Å². The van der Waals surface area contributed by atoms with E-state index < -0.39 is 0 Å². The van der Waals surface area contributed by atoms with Gasteiger partial charge in [0.05, 0.1) is 17.1 Å². The second-order valence-corrected chi connectivity index (χ2v) is 6.07. The van der Waals surface area contributed by atoms with Crippen LogP contribution in [-0.2, 0) is 0 Å². The largest absolute Gasteiger partial charge is 0.330 e. The summed E-state index contributed by atoms with van der Waals surface area (Å²) in [6.07, 6.45) is 1.04. The summed E-state index contributed by atoms with van der Waals surface area (Å²) >= 11 is 7.34. The minimum atomic E-state index is 0.322. The van der Waals surface area contributed by atoms with Crippen LogP contribution in [-0.4, -0.2) is 9.55 Å². The maximum absolute atomic E-state index is 5.54. The molecule has 2 heterocycles. The first kappa shape index (κ1) is 12.6. The molecule has 4 heteroatoms. The molecule has 0 aliphatic heterocycles. The monoisotopic (exact) mass is 288 g/mol. The topological polar surface area (TPSA) is 20.7 Å². The fourth-order valence-electron chi connectivity index (χ4n) is 2.59. The van der Waals surface area contributed by atoms with E-state index in [0.717, 1.165) is 16.7 Å². The summed E-state index contributed by atoms with van der Waals surface area (Å²) in [7, 11) is 0. The summed E-state index contributed by atoms with van der Waals surface area (Å²) < 4.78 is 3.06. The Hall–Kier alpha value is -1.39. The number of fused-ring (bicyclic) bond motifs is 1. The highest BCUT2D eigenvalue weighted by Crippen LogP contribution is 2.30. The van der Waals surface area contributed by atoms with Crippen LogP contribution in [0.2, 0.25) is 0 Å². The zero-order valence-electron chi connectivity index (χ0n) is 11.0. The van der Waals surface area contributed by atoms with Crippen molar-refractivity contribution in [2.24, 2.45) is 0 Å². The first-order chi connectivity index (χ1) is 9.22. The van der Waals surface area contributed by atoms with E-state index in [2.05, 4.69) is 59.1 Å². The molecule has 0 saturated heterocycles. The molecular weight excluding hydrogens is 272 g/mol. The highest BCUT2D eigenvalue weighted by Gasteiger charge is 2.17. The molecule has 0 saturated carbocycles. The second kappa shape index (κ2) is 4.94. The maximum atomic E-state index is 5.54. The van der Waals surface area contributed by atoms with Crippen molar-refractivity contribution in [2.75, 3.05) is 0 Å². The molecule has 1 atom stereocenters. The SMILES string of the molecule is CCC(c1cccs1)n1c(=S)[nH]c2c(C)cccc21. The van der Waals surface area contributed by atoms with Crippen molar-refractivity contribution in [1.82, 2.24) is 9.55 Å². The summed E-state index contributed by atoms with van der Waals surface area (Å²) in [6.45, 7) is 4.32. The first-order valence-electron chi connectivity index (χ1n) is 6.45. The molecule has 3 rings (SSSR count). The van der Waals surface area contributed by atoms with Crippen molar-refractivity contribution < 1.29 is 0 Å². The molecule has 3 aromatic rings. The highest BCUT2D eigenvalue weighted by atomic mass is 32.1. The van der Waals surface area contributed by atoms with Crippen LogP contribution < -0.4 is 0 Å². The number of hydrogen-bond donors (Lipinski definition) is 1. The molecule has 19 heavy (non-hydrogen) atoms. The third kappa shape index (κ3) is 2.05. The average molecular weight is 288 g/mol. The smallest absolute Gasteiger partial charge is 0.178 e. The zero-order chi connectivity index (χ0) is 13.4. The molecule has 0 radical (unpaired) electrons. The summed E-state index contributed by atoms with van der Waals surface area (Å²) in [4.78, 5) is 4.72. The van der Waals surface area contributed by atoms with Gasteiger partial charge in [-0.1, -0.05) is 25.1 Å². The van der Waals surface area contributed by atoms with E-state index in [1.54, 1.807) is 11.3 Å². The molecule has 0 bridgehead atoms. The van der Waals surface area contributed by atoms with Gasteiger partial charge in [0, 0.05) is 4.88 Å². The molecule has 0 spiro atoms. The second-order valence-electron chi connectivity index (χ2n) is 4.71. The predicted molar refractivity (Wildman–Crippen MR) is 84.6 cm³/mol. The van der Waals surface area contributed by atoms with Crippen LogP contribution in [0.1, 0.15) is 29.8 Å². The van der Waals surface area contributed by atoms with Crippen LogP contribution in [0.15, 0.2) is 35.7 Å². The van der Waals surface area contributed by atoms with E-state index in [1.165, 1.54) is 16.0 Å². The van der Waals surface area contributed by atoms with E-state index >= 15 is 0 Å². The summed E-state index contributed by atoms with van der Waals surface area (Å²) in [6, 6.07) is 11.0. The number of hydrogen-bond acceptors (Lipinski definition) is 2. The molecular formula is C15H16N2S2. The summed E-state index contributed by atoms with van der Waals surface area (Å²) in [5.74, 6) is 0. The molecule has 2 aromatic heterocycles. The van der Waals surface area contributed by atoms with Crippen LogP contribution in [0.5, 0.6) is 0 Å². The van der Waals surface area contributed by atoms with Crippen molar-refractivity contribution in [3.05, 3.63) is 50.9 Å². The average Bonchev–Trinajstić information content (AvgIpc) is 3.01. The Morgan fingerprint density at radius 1 is 1.32 bits per heavy atom. The van der Waals surface area contributed by atoms with Crippen molar-refractivity contribution in [1.29, 1.82) is 0 Å². The molecule has 0 amide bonds. The number of aromatic nitrogens is 2. The first-order valence-corrected chi connectivity index (χ1v) is 7.74. The van der Waals surface area contributed by atoms with E-state index in [4.69, 9.17) is 12.2 Å². The predicted octanol–water partition coefficient (Wildman–Crippen LogP) is 5.07. The number of nitrogens with one attached hydrogen (secondary N) is 1. The fraction of sp³-hybridized carbons (Fsp3) is 0.267. The Morgan fingerprint density at radius 3 is 2.84 bits per heavy atom. The Kier molecular flexibility index (Phi) is 3.29. The molecule has 2 nitrogen and oxygen atoms in total. The van der Waals surface area contributed by atoms with Gasteiger partial charge in [0.2, 0.25) is 0 Å². The third-order valence-electron chi connectivity index (χ3n) is 3.53. The van der Waals surface area contributed by atoms with Gasteiger partial charge in [0.1, 0.15) is 0 Å². The Labute approximate surface area is 121 Å². The molecule has 0 aliphatic carbocycles. The van der Waals surface area contributed by atoms with Gasteiger partial charge >= 0.3 is 0 Å². The Morgan fingerprint density at radius 2 is 2.16 bits per heavy atom. The normalized spacial score (nSPS) is 12.9. The van der Waals surface area contributed by atoms with Crippen LogP contribution in [0.25, 0.3) is 11.0 Å². The van der Waals surface area contributed by atoms with E-state index in [0.29, 0.717) is 6.04 Å². The fourth-order valence-corrected chi connectivity index (χ4v) is 3.82. The number of thiophene rings is 1. The lowest BCUT2D eigenvalue weighted by atomic mass is 10.1.